The van der Waals surface area contributed by atoms with E-state index in [-0.39, 0.29) is 11.6 Å². The van der Waals surface area contributed by atoms with Gasteiger partial charge in [-0.3, -0.25) is 19.3 Å². The average molecular weight is 642 g/mol. The number of thioether (sulfide) groups is 1. The molecule has 0 saturated heterocycles. The van der Waals surface area contributed by atoms with Crippen molar-refractivity contribution >= 4 is 52.6 Å². The summed E-state index contributed by atoms with van der Waals surface area (Å²) in [5.41, 5.74) is 3.26. The molecule has 0 radical (unpaired) electrons. The van der Waals surface area contributed by atoms with E-state index in [2.05, 4.69) is 10.6 Å². The molecule has 8 heteroatoms. The van der Waals surface area contributed by atoms with Crippen molar-refractivity contribution in [2.45, 2.75) is 24.0 Å². The van der Waals surface area contributed by atoms with Gasteiger partial charge in [-0.2, -0.15) is 0 Å². The molecule has 0 heterocycles. The summed E-state index contributed by atoms with van der Waals surface area (Å²) in [5.74, 6) is -0.365. The molecular formula is C39H35N3O4S. The molecule has 1 atom stereocenters. The van der Waals surface area contributed by atoms with E-state index in [9.17, 15) is 14.4 Å². The van der Waals surface area contributed by atoms with Gasteiger partial charge in [0.15, 0.2) is 0 Å². The lowest BCUT2D eigenvalue weighted by Gasteiger charge is -2.26. The molecule has 2 N–H and O–H groups in total. The highest BCUT2D eigenvalue weighted by atomic mass is 32.2. The molecule has 7 nitrogen and oxygen atoms in total. The van der Waals surface area contributed by atoms with Crippen molar-refractivity contribution < 1.29 is 19.1 Å². The predicted octanol–water partition coefficient (Wildman–Crippen LogP) is 8.34. The second kappa shape index (κ2) is 16.1. The molecule has 5 aromatic carbocycles. The monoisotopic (exact) mass is 641 g/mol. The number of carbonyl (C=O) groups excluding carboxylic acids is 3. The Bertz CT molecular complexity index is 1790. The lowest BCUT2D eigenvalue weighted by Crippen LogP contribution is -2.32. The summed E-state index contributed by atoms with van der Waals surface area (Å²) in [7, 11) is 0. The van der Waals surface area contributed by atoms with Crippen molar-refractivity contribution in [3.63, 3.8) is 0 Å². The van der Waals surface area contributed by atoms with Crippen LogP contribution in [0.2, 0.25) is 0 Å². The van der Waals surface area contributed by atoms with Crippen molar-refractivity contribution in [1.82, 2.24) is 5.32 Å². The Hall–Kier alpha value is -5.60. The quantitative estimate of drug-likeness (QED) is 0.106. The minimum Gasteiger partial charge on any atom is -0.493 e. The SMILES string of the molecule is CCOc1ccccc1/C=C(\NC(=O)c1ccccc1)C(=O)Nc1ccc(SC(C)C(=O)N(c2ccccc2)c2ccccc2)cc1. The Labute approximate surface area is 279 Å². The minimum atomic E-state index is -0.495. The highest BCUT2D eigenvalue weighted by molar-refractivity contribution is 8.00. The number of nitrogens with one attached hydrogen (secondary N) is 2. The van der Waals surface area contributed by atoms with Crippen LogP contribution in [0.15, 0.2) is 150 Å². The fraction of sp³-hybridized carbons (Fsp3) is 0.103. The maximum Gasteiger partial charge on any atom is 0.272 e. The first kappa shape index (κ1) is 32.8. The standard InChI is InChI=1S/C39H35N3O4S/c1-3-46-36-22-14-13-17-30(36)27-35(41-37(43)29-15-7-4-8-16-29)38(44)40-31-23-25-34(26-24-31)47-28(2)39(45)42(32-18-9-5-10-19-32)33-20-11-6-12-21-33/h4-28H,3H2,1-2H3,(H,40,44)(H,41,43)/b35-27-. The van der Waals surface area contributed by atoms with E-state index >= 15 is 0 Å². The molecule has 3 amide bonds. The van der Waals surface area contributed by atoms with Crippen LogP contribution in [0.5, 0.6) is 5.75 Å². The van der Waals surface area contributed by atoms with Gasteiger partial charge >= 0.3 is 0 Å². The van der Waals surface area contributed by atoms with E-state index in [1.165, 1.54) is 11.8 Å². The van der Waals surface area contributed by atoms with Crippen molar-refractivity contribution in [3.05, 3.63) is 156 Å². The van der Waals surface area contributed by atoms with E-state index in [4.69, 9.17) is 4.74 Å². The maximum absolute atomic E-state index is 13.7. The maximum atomic E-state index is 13.7. The van der Waals surface area contributed by atoms with Gasteiger partial charge in [0.1, 0.15) is 11.4 Å². The first-order chi connectivity index (χ1) is 22.9. The Morgan fingerprint density at radius 3 is 1.89 bits per heavy atom. The fourth-order valence-electron chi connectivity index (χ4n) is 4.79. The molecular weight excluding hydrogens is 607 g/mol. The number of anilines is 3. The lowest BCUT2D eigenvalue weighted by molar-refractivity contribution is -0.117. The third-order valence-electron chi connectivity index (χ3n) is 7.07. The molecule has 0 aliphatic rings. The van der Waals surface area contributed by atoms with Gasteiger partial charge < -0.3 is 15.4 Å². The molecule has 47 heavy (non-hydrogen) atoms. The first-order valence-electron chi connectivity index (χ1n) is 15.2. The molecule has 0 fully saturated rings. The summed E-state index contributed by atoms with van der Waals surface area (Å²) in [6, 6.07) is 42.4. The fourth-order valence-corrected chi connectivity index (χ4v) is 5.70. The van der Waals surface area contributed by atoms with Crippen LogP contribution in [0.3, 0.4) is 0 Å². The second-order valence-corrected chi connectivity index (χ2v) is 11.8. The molecule has 0 aromatic heterocycles. The van der Waals surface area contributed by atoms with E-state index < -0.39 is 17.1 Å². The Balaban J connectivity index is 1.31. The van der Waals surface area contributed by atoms with Crippen molar-refractivity contribution in [3.8, 4) is 5.75 Å². The smallest absolute Gasteiger partial charge is 0.272 e. The zero-order chi connectivity index (χ0) is 33.0. The summed E-state index contributed by atoms with van der Waals surface area (Å²) in [6.07, 6.45) is 1.60. The number of amides is 3. The summed E-state index contributed by atoms with van der Waals surface area (Å²) in [4.78, 5) is 42.9. The van der Waals surface area contributed by atoms with Crippen LogP contribution in [-0.2, 0) is 9.59 Å². The van der Waals surface area contributed by atoms with Gasteiger partial charge in [-0.25, -0.2) is 0 Å². The van der Waals surface area contributed by atoms with E-state index in [0.717, 1.165) is 16.3 Å². The summed E-state index contributed by atoms with van der Waals surface area (Å²) < 4.78 is 5.73. The Morgan fingerprint density at radius 2 is 1.30 bits per heavy atom. The van der Waals surface area contributed by atoms with Gasteiger partial charge in [0.25, 0.3) is 11.8 Å². The van der Waals surface area contributed by atoms with Gasteiger partial charge in [-0.05, 0) is 86.7 Å². The molecule has 0 bridgehead atoms. The lowest BCUT2D eigenvalue weighted by atomic mass is 10.1. The van der Waals surface area contributed by atoms with Crippen LogP contribution in [0.4, 0.5) is 17.1 Å². The van der Waals surface area contributed by atoms with Crippen molar-refractivity contribution in [2.75, 3.05) is 16.8 Å². The number of para-hydroxylation sites is 3. The number of hydrogen-bond acceptors (Lipinski definition) is 5. The highest BCUT2D eigenvalue weighted by Gasteiger charge is 2.24. The normalized spacial score (nSPS) is 11.7. The predicted molar refractivity (Wildman–Crippen MR) is 190 cm³/mol. The molecule has 236 valence electrons. The third-order valence-corrected chi connectivity index (χ3v) is 8.17. The van der Waals surface area contributed by atoms with Gasteiger partial charge in [0, 0.05) is 33.1 Å². The number of hydrogen-bond donors (Lipinski definition) is 2. The molecule has 1 unspecified atom stereocenters. The molecule has 0 saturated carbocycles. The van der Waals surface area contributed by atoms with Crippen LogP contribution in [0.1, 0.15) is 29.8 Å². The minimum absolute atomic E-state index is 0.0546. The number of ether oxygens (including phenoxy) is 1. The third kappa shape index (κ3) is 8.77. The van der Waals surface area contributed by atoms with E-state index in [1.807, 2.05) is 117 Å². The van der Waals surface area contributed by atoms with Gasteiger partial charge in [0.05, 0.1) is 11.9 Å². The van der Waals surface area contributed by atoms with Crippen molar-refractivity contribution in [1.29, 1.82) is 0 Å². The summed E-state index contributed by atoms with van der Waals surface area (Å²) in [6.45, 7) is 4.22. The van der Waals surface area contributed by atoms with Crippen LogP contribution >= 0.6 is 11.8 Å². The highest BCUT2D eigenvalue weighted by Crippen LogP contribution is 2.32. The zero-order valence-electron chi connectivity index (χ0n) is 26.1. The number of nitrogens with zero attached hydrogens (tertiary/aromatic N) is 1. The number of carbonyl (C=O) groups is 3. The molecule has 0 spiro atoms. The van der Waals surface area contributed by atoms with Crippen LogP contribution < -0.4 is 20.3 Å². The van der Waals surface area contributed by atoms with Gasteiger partial charge in [0.2, 0.25) is 5.91 Å². The summed E-state index contributed by atoms with van der Waals surface area (Å²) >= 11 is 1.43. The molecule has 5 aromatic rings. The molecule has 0 aliphatic heterocycles. The summed E-state index contributed by atoms with van der Waals surface area (Å²) in [5, 5.41) is 5.26. The van der Waals surface area contributed by atoms with Crippen molar-refractivity contribution in [2.24, 2.45) is 0 Å². The number of benzene rings is 5. The average Bonchev–Trinajstić information content (AvgIpc) is 3.11. The Morgan fingerprint density at radius 1 is 0.745 bits per heavy atom. The van der Waals surface area contributed by atoms with E-state index in [1.54, 1.807) is 47.4 Å². The first-order valence-corrected chi connectivity index (χ1v) is 16.1. The Kier molecular flexibility index (Phi) is 11.2. The van der Waals surface area contributed by atoms with Gasteiger partial charge in [-0.15, -0.1) is 11.8 Å². The van der Waals surface area contributed by atoms with E-state index in [0.29, 0.717) is 29.2 Å². The largest absolute Gasteiger partial charge is 0.493 e. The molecule has 5 rings (SSSR count). The van der Waals surface area contributed by atoms with Crippen LogP contribution in [-0.4, -0.2) is 29.6 Å². The second-order valence-electron chi connectivity index (χ2n) is 10.4. The van der Waals surface area contributed by atoms with Gasteiger partial charge in [-0.1, -0.05) is 72.8 Å². The zero-order valence-corrected chi connectivity index (χ0v) is 26.9. The molecule has 0 aliphatic carbocycles. The number of rotatable bonds is 12. The van der Waals surface area contributed by atoms with Crippen LogP contribution in [0.25, 0.3) is 6.08 Å². The van der Waals surface area contributed by atoms with Crippen LogP contribution in [0, 0.1) is 0 Å². The topological polar surface area (TPSA) is 87.7 Å².